The number of hydrogen-bond donors (Lipinski definition) is 1. The molecule has 0 aliphatic rings. The molecule has 0 unspecified atom stereocenters. The van der Waals surface area contributed by atoms with Crippen molar-refractivity contribution in [1.82, 2.24) is 0 Å². The van der Waals surface area contributed by atoms with Crippen LogP contribution in [-0.4, -0.2) is 39.3 Å². The van der Waals surface area contributed by atoms with E-state index in [2.05, 4.69) is 5.32 Å². The minimum atomic E-state index is -3.74. The van der Waals surface area contributed by atoms with Gasteiger partial charge in [0.25, 0.3) is 0 Å². The number of nitrogens with one attached hydrogen (secondary N) is 1. The van der Waals surface area contributed by atoms with E-state index in [-0.39, 0.29) is 17.9 Å². The molecule has 1 amide bonds. The van der Waals surface area contributed by atoms with Crippen molar-refractivity contribution in [2.45, 2.75) is 19.6 Å². The maximum absolute atomic E-state index is 12.4. The summed E-state index contributed by atoms with van der Waals surface area (Å²) in [6, 6.07) is 13.0. The van der Waals surface area contributed by atoms with Crippen LogP contribution in [0, 0.1) is 0 Å². The van der Waals surface area contributed by atoms with Crippen molar-refractivity contribution >= 4 is 27.4 Å². The summed E-state index contributed by atoms with van der Waals surface area (Å²) < 4.78 is 35.1. The lowest BCUT2D eigenvalue weighted by atomic mass is 10.1. The van der Waals surface area contributed by atoms with Crippen LogP contribution in [0.4, 0.5) is 5.69 Å². The molecule has 0 radical (unpaired) electrons. The third-order valence-corrected chi connectivity index (χ3v) is 5.11. The van der Waals surface area contributed by atoms with Gasteiger partial charge in [-0.2, -0.15) is 0 Å². The van der Waals surface area contributed by atoms with Crippen LogP contribution in [0.3, 0.4) is 0 Å². The van der Waals surface area contributed by atoms with Crippen LogP contribution in [0.15, 0.2) is 48.5 Å². The molecular formula is C20H23NO6S. The summed E-state index contributed by atoms with van der Waals surface area (Å²) in [4.78, 5) is 24.0. The topological polar surface area (TPSA) is 98.8 Å². The largest absolute Gasteiger partial charge is 0.492 e. The average molecular weight is 405 g/mol. The molecule has 0 bridgehead atoms. The first kappa shape index (κ1) is 21.4. The summed E-state index contributed by atoms with van der Waals surface area (Å²) >= 11 is 0. The van der Waals surface area contributed by atoms with Crippen molar-refractivity contribution in [1.29, 1.82) is 0 Å². The van der Waals surface area contributed by atoms with Crippen LogP contribution in [0.5, 0.6) is 5.75 Å². The minimum absolute atomic E-state index is 0.227. The average Bonchev–Trinajstić information content (AvgIpc) is 2.63. The van der Waals surface area contributed by atoms with Crippen LogP contribution < -0.4 is 10.1 Å². The lowest BCUT2D eigenvalue weighted by Gasteiger charge is -2.11. The molecule has 0 spiro atoms. The van der Waals surface area contributed by atoms with Crippen molar-refractivity contribution < 1.29 is 27.5 Å². The lowest BCUT2D eigenvalue weighted by molar-refractivity contribution is -0.113. The molecule has 0 aromatic heterocycles. The van der Waals surface area contributed by atoms with E-state index in [9.17, 15) is 18.0 Å². The first-order valence-electron chi connectivity index (χ1n) is 8.82. The van der Waals surface area contributed by atoms with Gasteiger partial charge in [0.2, 0.25) is 5.91 Å². The van der Waals surface area contributed by atoms with Gasteiger partial charge >= 0.3 is 5.97 Å². The summed E-state index contributed by atoms with van der Waals surface area (Å²) in [6.45, 7) is 4.15. The number of hydrogen-bond acceptors (Lipinski definition) is 6. The van der Waals surface area contributed by atoms with Gasteiger partial charge in [-0.25, -0.2) is 13.2 Å². The first-order valence-corrected chi connectivity index (χ1v) is 10.6. The molecule has 7 nitrogen and oxygen atoms in total. The molecule has 0 heterocycles. The molecule has 8 heteroatoms. The van der Waals surface area contributed by atoms with Crippen molar-refractivity contribution in [2.24, 2.45) is 0 Å². The highest BCUT2D eigenvalue weighted by molar-refractivity contribution is 7.91. The molecule has 150 valence electrons. The molecule has 2 aromatic carbocycles. The van der Waals surface area contributed by atoms with Crippen LogP contribution in [0.1, 0.15) is 29.8 Å². The molecule has 1 N–H and O–H groups in total. The van der Waals surface area contributed by atoms with Crippen LogP contribution >= 0.6 is 0 Å². The molecule has 0 saturated carbocycles. The van der Waals surface area contributed by atoms with Gasteiger partial charge < -0.3 is 14.8 Å². The highest BCUT2D eigenvalue weighted by Gasteiger charge is 2.19. The first-order chi connectivity index (χ1) is 13.3. The molecule has 0 fully saturated rings. The highest BCUT2D eigenvalue weighted by Crippen LogP contribution is 2.23. The number of carbonyl (C=O) groups excluding carboxylic acids is 2. The summed E-state index contributed by atoms with van der Waals surface area (Å²) in [7, 11) is -3.74. The van der Waals surface area contributed by atoms with E-state index >= 15 is 0 Å². The predicted molar refractivity (Wildman–Crippen MR) is 106 cm³/mol. The molecule has 0 aliphatic carbocycles. The van der Waals surface area contributed by atoms with E-state index in [0.717, 1.165) is 0 Å². The number of benzene rings is 2. The van der Waals surface area contributed by atoms with E-state index in [1.54, 1.807) is 49.4 Å². The Morgan fingerprint density at radius 1 is 1.00 bits per heavy atom. The van der Waals surface area contributed by atoms with E-state index in [1.807, 2.05) is 6.92 Å². The molecule has 0 saturated heterocycles. The van der Waals surface area contributed by atoms with Gasteiger partial charge in [0.05, 0.1) is 30.2 Å². The Morgan fingerprint density at radius 2 is 1.75 bits per heavy atom. The van der Waals surface area contributed by atoms with Gasteiger partial charge in [0, 0.05) is 0 Å². The van der Waals surface area contributed by atoms with Crippen molar-refractivity contribution in [3.8, 4) is 5.75 Å². The number of carbonyl (C=O) groups is 2. The number of anilines is 1. The Labute approximate surface area is 164 Å². The second kappa shape index (κ2) is 9.89. The van der Waals surface area contributed by atoms with Crippen LogP contribution in [0.2, 0.25) is 0 Å². The maximum atomic E-state index is 12.4. The highest BCUT2D eigenvalue weighted by atomic mass is 32.2. The van der Waals surface area contributed by atoms with Gasteiger partial charge in [-0.1, -0.05) is 24.3 Å². The Hall–Kier alpha value is -2.87. The van der Waals surface area contributed by atoms with E-state index in [0.29, 0.717) is 23.6 Å². The normalized spacial score (nSPS) is 10.9. The third kappa shape index (κ3) is 6.38. The second-order valence-corrected chi connectivity index (χ2v) is 7.99. The van der Waals surface area contributed by atoms with Crippen molar-refractivity contribution in [3.63, 3.8) is 0 Å². The minimum Gasteiger partial charge on any atom is -0.492 e. The molecule has 28 heavy (non-hydrogen) atoms. The second-order valence-electron chi connectivity index (χ2n) is 5.93. The molecule has 2 rings (SSSR count). The van der Waals surface area contributed by atoms with E-state index in [4.69, 9.17) is 9.47 Å². The molecule has 2 aromatic rings. The van der Waals surface area contributed by atoms with Gasteiger partial charge in [-0.3, -0.25) is 4.79 Å². The number of esters is 1. The van der Waals surface area contributed by atoms with Crippen molar-refractivity contribution in [3.05, 3.63) is 59.7 Å². The van der Waals surface area contributed by atoms with Crippen LogP contribution in [0.25, 0.3) is 0 Å². The Morgan fingerprint density at radius 3 is 2.46 bits per heavy atom. The number of rotatable bonds is 9. The smallest absolute Gasteiger partial charge is 0.338 e. The third-order valence-electron chi connectivity index (χ3n) is 3.64. The zero-order valence-corrected chi connectivity index (χ0v) is 16.6. The van der Waals surface area contributed by atoms with E-state index < -0.39 is 27.5 Å². The summed E-state index contributed by atoms with van der Waals surface area (Å²) in [5.41, 5.74) is 1.09. The van der Waals surface area contributed by atoms with Crippen molar-refractivity contribution in [2.75, 3.05) is 24.3 Å². The Kier molecular flexibility index (Phi) is 7.57. The maximum Gasteiger partial charge on any atom is 0.338 e. The summed E-state index contributed by atoms with van der Waals surface area (Å²) in [5, 5.41) is 2.57. The lowest BCUT2D eigenvalue weighted by Crippen LogP contribution is -2.24. The molecule has 0 atom stereocenters. The van der Waals surface area contributed by atoms with Gasteiger partial charge in [-0.15, -0.1) is 0 Å². The Balaban J connectivity index is 2.05. The fourth-order valence-corrected chi connectivity index (χ4v) is 3.81. The molecular weight excluding hydrogens is 382 g/mol. The predicted octanol–water partition coefficient (Wildman–Crippen LogP) is 2.82. The van der Waals surface area contributed by atoms with Gasteiger partial charge in [-0.05, 0) is 43.7 Å². The van der Waals surface area contributed by atoms with Gasteiger partial charge in [0.15, 0.2) is 9.84 Å². The zero-order chi connectivity index (χ0) is 20.6. The van der Waals surface area contributed by atoms with Crippen LogP contribution in [-0.2, 0) is 25.1 Å². The van der Waals surface area contributed by atoms with Gasteiger partial charge in [0.1, 0.15) is 11.5 Å². The summed E-state index contributed by atoms with van der Waals surface area (Å²) in [6.07, 6.45) is 0. The fourth-order valence-electron chi connectivity index (χ4n) is 2.54. The number of sulfone groups is 1. The number of amides is 1. The molecule has 0 aliphatic heterocycles. The quantitative estimate of drug-likeness (QED) is 0.644. The number of para-hydroxylation sites is 2. The monoisotopic (exact) mass is 405 g/mol. The Bertz CT molecular complexity index is 939. The van der Waals surface area contributed by atoms with E-state index in [1.165, 1.54) is 6.07 Å². The number of ether oxygens (including phenoxy) is 2. The SMILES string of the molecule is CCOC(=O)c1cccc(CS(=O)(=O)CC(=O)Nc2ccccc2OCC)c1. The zero-order valence-electron chi connectivity index (χ0n) is 15.8. The standard InChI is InChI=1S/C20H23NO6S/c1-3-26-18-11-6-5-10-17(18)21-19(22)14-28(24,25)13-15-8-7-9-16(12-15)20(23)27-4-2/h5-12H,3-4,13-14H2,1-2H3,(H,21,22). The fraction of sp³-hybridized carbons (Fsp3) is 0.300. The summed E-state index contributed by atoms with van der Waals surface area (Å²) in [5.74, 6) is -1.75.